The molecule has 0 fully saturated rings. The molecule has 0 heterocycles. The minimum Gasteiger partial charge on any atom is -0.497 e. The van der Waals surface area contributed by atoms with Gasteiger partial charge in [-0.1, -0.05) is 6.07 Å². The van der Waals surface area contributed by atoms with Gasteiger partial charge in [-0.3, -0.25) is 0 Å². The lowest BCUT2D eigenvalue weighted by Crippen LogP contribution is -2.08. The van der Waals surface area contributed by atoms with Crippen molar-refractivity contribution in [3.63, 3.8) is 0 Å². The van der Waals surface area contributed by atoms with Crippen LogP contribution in [-0.4, -0.2) is 19.3 Å². The Morgan fingerprint density at radius 1 is 1.05 bits per heavy atom. The molecule has 2 aromatic rings. The quantitative estimate of drug-likeness (QED) is 0.939. The maximum Gasteiger partial charge on any atom is 0.135 e. The lowest BCUT2D eigenvalue weighted by molar-refractivity contribution is 0.203. The summed E-state index contributed by atoms with van der Waals surface area (Å²) in [6, 6.07) is 7.11. The number of rotatable bonds is 4. The van der Waals surface area contributed by atoms with Gasteiger partial charge in [0.25, 0.3) is 0 Å². The van der Waals surface area contributed by atoms with Gasteiger partial charge in [-0.05, 0) is 30.7 Å². The van der Waals surface area contributed by atoms with E-state index in [2.05, 4.69) is 0 Å². The molecule has 1 atom stereocenters. The molecule has 0 aliphatic rings. The van der Waals surface area contributed by atoms with Crippen LogP contribution in [0.5, 0.6) is 11.5 Å². The monoisotopic (exact) mass is 294 g/mol. The zero-order valence-corrected chi connectivity index (χ0v) is 12.0. The first kappa shape index (κ1) is 15.3. The molecule has 0 aliphatic carbocycles. The molecule has 0 bridgehead atoms. The Hall–Kier alpha value is -2.14. The highest BCUT2D eigenvalue weighted by Crippen LogP contribution is 2.35. The molecule has 1 N–H and O–H groups in total. The van der Waals surface area contributed by atoms with Crippen molar-refractivity contribution >= 4 is 0 Å². The molecule has 0 amide bonds. The summed E-state index contributed by atoms with van der Waals surface area (Å²) in [7, 11) is 2.90. The van der Waals surface area contributed by atoms with Crippen molar-refractivity contribution in [2.24, 2.45) is 0 Å². The Kier molecular flexibility index (Phi) is 4.43. The fraction of sp³-hybridized carbons (Fsp3) is 0.250. The molecule has 21 heavy (non-hydrogen) atoms. The molecule has 0 spiro atoms. The molecular formula is C16H16F2O3. The summed E-state index contributed by atoms with van der Waals surface area (Å²) in [5.74, 6) is -0.751. The molecule has 0 saturated heterocycles. The maximum atomic E-state index is 14.1. The van der Waals surface area contributed by atoms with Crippen LogP contribution in [0.25, 0.3) is 0 Å². The molecule has 0 radical (unpaired) electrons. The summed E-state index contributed by atoms with van der Waals surface area (Å²) in [4.78, 5) is 0. The molecule has 112 valence electrons. The maximum absolute atomic E-state index is 14.1. The van der Waals surface area contributed by atoms with Crippen molar-refractivity contribution in [2.45, 2.75) is 13.0 Å². The number of halogens is 2. The lowest BCUT2D eigenvalue weighted by atomic mass is 9.97. The van der Waals surface area contributed by atoms with Crippen LogP contribution >= 0.6 is 0 Å². The zero-order valence-electron chi connectivity index (χ0n) is 12.0. The predicted octanol–water partition coefficient (Wildman–Crippen LogP) is 3.37. The van der Waals surface area contributed by atoms with Gasteiger partial charge >= 0.3 is 0 Å². The first-order valence-electron chi connectivity index (χ1n) is 6.34. The first-order valence-corrected chi connectivity index (χ1v) is 6.34. The fourth-order valence-corrected chi connectivity index (χ4v) is 2.13. The largest absolute Gasteiger partial charge is 0.497 e. The van der Waals surface area contributed by atoms with E-state index in [4.69, 9.17) is 9.47 Å². The van der Waals surface area contributed by atoms with Crippen LogP contribution < -0.4 is 9.47 Å². The second-order valence-electron chi connectivity index (χ2n) is 4.60. The minimum absolute atomic E-state index is 0.262. The molecular weight excluding hydrogens is 278 g/mol. The van der Waals surface area contributed by atoms with E-state index >= 15 is 0 Å². The summed E-state index contributed by atoms with van der Waals surface area (Å²) >= 11 is 0. The van der Waals surface area contributed by atoms with Gasteiger partial charge in [-0.25, -0.2) is 8.78 Å². The Morgan fingerprint density at radius 2 is 1.76 bits per heavy atom. The van der Waals surface area contributed by atoms with E-state index in [9.17, 15) is 13.9 Å². The van der Waals surface area contributed by atoms with Crippen LogP contribution in [0.4, 0.5) is 8.78 Å². The van der Waals surface area contributed by atoms with Crippen LogP contribution in [0.3, 0.4) is 0 Å². The smallest absolute Gasteiger partial charge is 0.135 e. The van der Waals surface area contributed by atoms with E-state index in [-0.39, 0.29) is 11.1 Å². The van der Waals surface area contributed by atoms with Gasteiger partial charge in [-0.2, -0.15) is 0 Å². The number of aliphatic hydroxyl groups is 1. The van der Waals surface area contributed by atoms with E-state index in [0.29, 0.717) is 11.5 Å². The number of hydrogen-bond donors (Lipinski definition) is 1. The molecule has 2 aromatic carbocycles. The third-order valence-electron chi connectivity index (χ3n) is 3.33. The van der Waals surface area contributed by atoms with Gasteiger partial charge in [0.15, 0.2) is 0 Å². The van der Waals surface area contributed by atoms with Gasteiger partial charge in [0, 0.05) is 11.6 Å². The standard InChI is InChI=1S/C16H16F2O3/c1-9-4-7-12(17)14(15(9)18)16(19)11-6-5-10(20-2)8-13(11)21-3/h4-8,16,19H,1-3H3. The van der Waals surface area contributed by atoms with E-state index in [1.807, 2.05) is 0 Å². The van der Waals surface area contributed by atoms with Crippen molar-refractivity contribution in [1.29, 1.82) is 0 Å². The van der Waals surface area contributed by atoms with Gasteiger partial charge in [0.1, 0.15) is 29.2 Å². The number of methoxy groups -OCH3 is 2. The topological polar surface area (TPSA) is 38.7 Å². The Labute approximate surface area is 121 Å². The van der Waals surface area contributed by atoms with Crippen molar-refractivity contribution < 1.29 is 23.4 Å². The second kappa shape index (κ2) is 6.10. The Bertz CT molecular complexity index is 656. The fourth-order valence-electron chi connectivity index (χ4n) is 2.13. The number of aliphatic hydroxyl groups excluding tert-OH is 1. The third-order valence-corrected chi connectivity index (χ3v) is 3.33. The molecule has 0 aliphatic heterocycles. The van der Waals surface area contributed by atoms with Crippen molar-refractivity contribution in [1.82, 2.24) is 0 Å². The van der Waals surface area contributed by atoms with Crippen LogP contribution in [0, 0.1) is 18.6 Å². The van der Waals surface area contributed by atoms with Crippen molar-refractivity contribution in [2.75, 3.05) is 14.2 Å². The molecule has 0 aromatic heterocycles. The zero-order chi connectivity index (χ0) is 15.6. The highest BCUT2D eigenvalue weighted by atomic mass is 19.1. The number of aryl methyl sites for hydroxylation is 1. The molecule has 0 saturated carbocycles. The van der Waals surface area contributed by atoms with Crippen LogP contribution in [0.15, 0.2) is 30.3 Å². The van der Waals surface area contributed by atoms with E-state index < -0.39 is 23.3 Å². The number of hydrogen-bond acceptors (Lipinski definition) is 3. The van der Waals surface area contributed by atoms with E-state index in [1.165, 1.54) is 33.3 Å². The van der Waals surface area contributed by atoms with Gasteiger partial charge in [0.2, 0.25) is 0 Å². The lowest BCUT2D eigenvalue weighted by Gasteiger charge is -2.18. The predicted molar refractivity (Wildman–Crippen MR) is 74.7 cm³/mol. The molecule has 1 unspecified atom stereocenters. The summed E-state index contributed by atoms with van der Waals surface area (Å²) in [5, 5.41) is 10.4. The number of benzene rings is 2. The summed E-state index contributed by atoms with van der Waals surface area (Å²) in [6.07, 6.45) is -1.47. The van der Waals surface area contributed by atoms with Gasteiger partial charge in [0.05, 0.1) is 19.8 Å². The summed E-state index contributed by atoms with van der Waals surface area (Å²) in [6.45, 7) is 1.51. The normalized spacial score (nSPS) is 12.1. The van der Waals surface area contributed by atoms with E-state index in [1.54, 1.807) is 12.1 Å². The number of ether oxygens (including phenoxy) is 2. The first-order chi connectivity index (χ1) is 9.99. The molecule has 3 nitrogen and oxygen atoms in total. The average molecular weight is 294 g/mol. The summed E-state index contributed by atoms with van der Waals surface area (Å²) < 4.78 is 38.2. The van der Waals surface area contributed by atoms with Crippen LogP contribution in [0.1, 0.15) is 22.8 Å². The molecule has 5 heteroatoms. The highest BCUT2D eigenvalue weighted by Gasteiger charge is 2.24. The van der Waals surface area contributed by atoms with Crippen molar-refractivity contribution in [3.05, 3.63) is 58.7 Å². The Balaban J connectivity index is 2.55. The van der Waals surface area contributed by atoms with Crippen molar-refractivity contribution in [3.8, 4) is 11.5 Å². The second-order valence-corrected chi connectivity index (χ2v) is 4.60. The minimum atomic E-state index is -1.47. The van der Waals surface area contributed by atoms with Crippen LogP contribution in [-0.2, 0) is 0 Å². The highest BCUT2D eigenvalue weighted by molar-refractivity contribution is 5.46. The van der Waals surface area contributed by atoms with Gasteiger partial charge < -0.3 is 14.6 Å². The van der Waals surface area contributed by atoms with Gasteiger partial charge in [-0.15, -0.1) is 0 Å². The SMILES string of the molecule is COc1ccc(C(O)c2c(F)ccc(C)c2F)c(OC)c1. The average Bonchev–Trinajstić information content (AvgIpc) is 2.50. The Morgan fingerprint density at radius 3 is 2.38 bits per heavy atom. The molecule has 2 rings (SSSR count). The van der Waals surface area contributed by atoms with Crippen LogP contribution in [0.2, 0.25) is 0 Å². The third kappa shape index (κ3) is 2.83. The summed E-state index contributed by atoms with van der Waals surface area (Å²) in [5.41, 5.74) is 0.137. The van der Waals surface area contributed by atoms with E-state index in [0.717, 1.165) is 6.07 Å².